The number of esters is 1. The summed E-state index contributed by atoms with van der Waals surface area (Å²) in [5, 5.41) is 0. The number of aromatic amines is 1. The second kappa shape index (κ2) is 12.2. The molecule has 184 valence electrons. The molecular formula is C24H32N4O6. The molecule has 10 nitrogen and oxygen atoms in total. The topological polar surface area (TPSA) is 137 Å². The number of amides is 1. The number of ether oxygens (including phenoxy) is 2. The van der Waals surface area contributed by atoms with Crippen molar-refractivity contribution in [3.05, 3.63) is 56.7 Å². The van der Waals surface area contributed by atoms with Crippen molar-refractivity contribution in [3.8, 4) is 0 Å². The number of nitrogens with zero attached hydrogens (tertiary/aromatic N) is 2. The molecule has 2 aromatic rings. The molecule has 1 aromatic carbocycles. The Morgan fingerprint density at radius 3 is 2.56 bits per heavy atom. The third kappa shape index (κ3) is 6.57. The Morgan fingerprint density at radius 1 is 1.18 bits per heavy atom. The van der Waals surface area contributed by atoms with Gasteiger partial charge in [-0.25, -0.2) is 4.79 Å². The van der Waals surface area contributed by atoms with E-state index in [2.05, 4.69) is 4.98 Å². The van der Waals surface area contributed by atoms with Crippen LogP contribution in [0, 0.1) is 5.92 Å². The second-order valence-electron chi connectivity index (χ2n) is 8.47. The number of nitrogens with two attached hydrogens (primary N) is 1. The lowest BCUT2D eigenvalue weighted by atomic mass is 10.0. The first-order chi connectivity index (χ1) is 16.4. The number of nitrogen functional groups attached to an aromatic ring is 1. The molecule has 0 unspecified atom stereocenters. The van der Waals surface area contributed by atoms with E-state index in [4.69, 9.17) is 15.2 Å². The van der Waals surface area contributed by atoms with Gasteiger partial charge >= 0.3 is 11.7 Å². The van der Waals surface area contributed by atoms with E-state index in [0.29, 0.717) is 18.9 Å². The first-order valence-corrected chi connectivity index (χ1v) is 11.5. The van der Waals surface area contributed by atoms with Crippen LogP contribution in [0.1, 0.15) is 44.1 Å². The zero-order valence-electron chi connectivity index (χ0n) is 19.5. The zero-order chi connectivity index (χ0) is 24.5. The number of benzene rings is 1. The van der Waals surface area contributed by atoms with Crippen molar-refractivity contribution in [1.29, 1.82) is 0 Å². The third-order valence-electron chi connectivity index (χ3n) is 5.99. The molecule has 0 atom stereocenters. The monoisotopic (exact) mass is 472 g/mol. The fourth-order valence-electron chi connectivity index (χ4n) is 4.22. The van der Waals surface area contributed by atoms with E-state index in [0.717, 1.165) is 36.1 Å². The summed E-state index contributed by atoms with van der Waals surface area (Å²) >= 11 is 0. The Bertz CT molecular complexity index is 1090. The van der Waals surface area contributed by atoms with Crippen LogP contribution in [0.5, 0.6) is 0 Å². The molecule has 0 saturated heterocycles. The summed E-state index contributed by atoms with van der Waals surface area (Å²) in [4.78, 5) is 53.9. The van der Waals surface area contributed by atoms with E-state index >= 15 is 0 Å². The van der Waals surface area contributed by atoms with E-state index < -0.39 is 29.7 Å². The van der Waals surface area contributed by atoms with Gasteiger partial charge in [-0.15, -0.1) is 0 Å². The van der Waals surface area contributed by atoms with Crippen LogP contribution in [0.25, 0.3) is 0 Å². The highest BCUT2D eigenvalue weighted by Crippen LogP contribution is 2.27. The molecule has 1 aliphatic carbocycles. The minimum atomic E-state index is -0.783. The highest BCUT2D eigenvalue weighted by molar-refractivity contribution is 5.97. The lowest BCUT2D eigenvalue weighted by molar-refractivity contribution is -0.148. The first-order valence-electron chi connectivity index (χ1n) is 11.5. The van der Waals surface area contributed by atoms with Gasteiger partial charge in [0.2, 0.25) is 0 Å². The standard InChI is InChI=1S/C24H32N4O6/c1-33-13-7-12-27(19(29)16-34-20(30)14-17-8-5-6-9-17)21-22(25)28(24(32)26-23(21)31)15-18-10-3-2-4-11-18/h2-4,10-11,17H,5-9,12-16,25H2,1H3,(H,26,31,32). The maximum Gasteiger partial charge on any atom is 0.330 e. The molecule has 1 fully saturated rings. The second-order valence-corrected chi connectivity index (χ2v) is 8.47. The van der Waals surface area contributed by atoms with Crippen molar-refractivity contribution in [2.45, 2.75) is 45.1 Å². The van der Waals surface area contributed by atoms with Gasteiger partial charge in [0.25, 0.3) is 11.5 Å². The summed E-state index contributed by atoms with van der Waals surface area (Å²) in [6, 6.07) is 9.13. The van der Waals surface area contributed by atoms with Gasteiger partial charge in [-0.3, -0.25) is 23.9 Å². The zero-order valence-corrected chi connectivity index (χ0v) is 19.5. The Kier molecular flexibility index (Phi) is 9.03. The van der Waals surface area contributed by atoms with Crippen molar-refractivity contribution in [2.75, 3.05) is 37.5 Å². The van der Waals surface area contributed by atoms with E-state index in [1.54, 1.807) is 0 Å². The summed E-state index contributed by atoms with van der Waals surface area (Å²) < 4.78 is 11.5. The van der Waals surface area contributed by atoms with Crippen molar-refractivity contribution in [2.24, 2.45) is 5.92 Å². The highest BCUT2D eigenvalue weighted by atomic mass is 16.5. The molecule has 1 aromatic heterocycles. The molecule has 10 heteroatoms. The minimum Gasteiger partial charge on any atom is -0.456 e. The largest absolute Gasteiger partial charge is 0.456 e. The predicted octanol–water partition coefficient (Wildman–Crippen LogP) is 1.66. The van der Waals surface area contributed by atoms with Gasteiger partial charge < -0.3 is 20.1 Å². The molecule has 0 spiro atoms. The van der Waals surface area contributed by atoms with E-state index in [-0.39, 0.29) is 31.0 Å². The van der Waals surface area contributed by atoms with Gasteiger partial charge in [0, 0.05) is 26.7 Å². The summed E-state index contributed by atoms with van der Waals surface area (Å²) in [6.45, 7) is 0.0391. The molecule has 1 aliphatic rings. The predicted molar refractivity (Wildman–Crippen MR) is 128 cm³/mol. The van der Waals surface area contributed by atoms with Crippen LogP contribution in [0.15, 0.2) is 39.9 Å². The lowest BCUT2D eigenvalue weighted by Gasteiger charge is -2.24. The van der Waals surface area contributed by atoms with Gasteiger partial charge in [0.15, 0.2) is 12.3 Å². The molecule has 0 aliphatic heterocycles. The normalized spacial score (nSPS) is 13.7. The molecule has 3 rings (SSSR count). The van der Waals surface area contributed by atoms with Crippen LogP contribution in [0.4, 0.5) is 11.5 Å². The fourth-order valence-corrected chi connectivity index (χ4v) is 4.22. The van der Waals surface area contributed by atoms with Crippen molar-refractivity contribution >= 4 is 23.4 Å². The van der Waals surface area contributed by atoms with E-state index in [1.807, 2.05) is 30.3 Å². The molecule has 0 bridgehead atoms. The number of hydrogen-bond donors (Lipinski definition) is 2. The van der Waals surface area contributed by atoms with Crippen LogP contribution in [0.2, 0.25) is 0 Å². The summed E-state index contributed by atoms with van der Waals surface area (Å²) in [6.07, 6.45) is 4.87. The summed E-state index contributed by atoms with van der Waals surface area (Å²) in [5.41, 5.74) is 5.44. The summed E-state index contributed by atoms with van der Waals surface area (Å²) in [7, 11) is 1.53. The molecule has 1 heterocycles. The molecule has 1 saturated carbocycles. The van der Waals surface area contributed by atoms with Crippen molar-refractivity contribution in [1.82, 2.24) is 9.55 Å². The van der Waals surface area contributed by atoms with Gasteiger partial charge in [-0.2, -0.15) is 0 Å². The number of methoxy groups -OCH3 is 1. The maximum atomic E-state index is 13.1. The minimum absolute atomic E-state index is 0.101. The van der Waals surface area contributed by atoms with Crippen LogP contribution in [-0.4, -0.2) is 48.3 Å². The van der Waals surface area contributed by atoms with Gasteiger partial charge in [0.05, 0.1) is 6.54 Å². The number of carbonyl (C=O) groups is 2. The van der Waals surface area contributed by atoms with Crippen LogP contribution >= 0.6 is 0 Å². The number of rotatable bonds is 11. The average Bonchev–Trinajstić information content (AvgIpc) is 3.33. The summed E-state index contributed by atoms with van der Waals surface area (Å²) in [5.74, 6) is -0.882. The third-order valence-corrected chi connectivity index (χ3v) is 5.99. The molecular weight excluding hydrogens is 440 g/mol. The fraction of sp³-hybridized carbons (Fsp3) is 0.500. The lowest BCUT2D eigenvalue weighted by Crippen LogP contribution is -2.43. The van der Waals surface area contributed by atoms with Gasteiger partial charge in [-0.05, 0) is 30.7 Å². The molecule has 3 N–H and O–H groups in total. The molecule has 1 amide bonds. The number of aromatic nitrogens is 2. The number of anilines is 2. The van der Waals surface area contributed by atoms with Crippen molar-refractivity contribution in [3.63, 3.8) is 0 Å². The first kappa shape index (κ1) is 25.2. The Labute approximate surface area is 197 Å². The molecule has 0 radical (unpaired) electrons. The SMILES string of the molecule is COCCCN(C(=O)COC(=O)CC1CCCC1)c1c(N)n(Cc2ccccc2)c(=O)[nH]c1=O. The number of carbonyl (C=O) groups excluding carboxylic acids is 2. The Hall–Kier alpha value is -3.40. The van der Waals surface area contributed by atoms with Gasteiger partial charge in [0.1, 0.15) is 5.82 Å². The van der Waals surface area contributed by atoms with E-state index in [1.165, 1.54) is 11.7 Å². The average molecular weight is 473 g/mol. The Balaban J connectivity index is 1.82. The van der Waals surface area contributed by atoms with Crippen molar-refractivity contribution < 1.29 is 19.1 Å². The molecule has 34 heavy (non-hydrogen) atoms. The van der Waals surface area contributed by atoms with Crippen LogP contribution in [0.3, 0.4) is 0 Å². The van der Waals surface area contributed by atoms with Crippen LogP contribution < -0.4 is 21.9 Å². The highest BCUT2D eigenvalue weighted by Gasteiger charge is 2.26. The number of nitrogens with one attached hydrogen (secondary N) is 1. The number of H-pyrrole nitrogens is 1. The maximum absolute atomic E-state index is 13.1. The number of hydrogen-bond acceptors (Lipinski definition) is 7. The Morgan fingerprint density at radius 2 is 1.88 bits per heavy atom. The quantitative estimate of drug-likeness (QED) is 0.375. The van der Waals surface area contributed by atoms with E-state index in [9.17, 15) is 19.2 Å². The van der Waals surface area contributed by atoms with Crippen LogP contribution in [-0.2, 0) is 25.6 Å². The van der Waals surface area contributed by atoms with Gasteiger partial charge in [-0.1, -0.05) is 43.2 Å². The smallest absolute Gasteiger partial charge is 0.330 e.